The molecule has 72 valence electrons. The first kappa shape index (κ1) is 8.68. The van der Waals surface area contributed by atoms with Crippen LogP contribution < -0.4 is 0 Å². The Morgan fingerprint density at radius 1 is 1.43 bits per heavy atom. The number of hydrogen-bond acceptors (Lipinski definition) is 3. The van der Waals surface area contributed by atoms with E-state index in [0.29, 0.717) is 5.69 Å². The smallest absolute Gasteiger partial charge is 0.288 e. The topological polar surface area (TPSA) is 60.4 Å². The fraction of sp³-hybridized carbons (Fsp3) is 0.222. The molecule has 0 saturated carbocycles. The first-order chi connectivity index (χ1) is 6.59. The third-order valence-electron chi connectivity index (χ3n) is 2.17. The van der Waals surface area contributed by atoms with Crippen molar-refractivity contribution in [3.05, 3.63) is 39.8 Å². The maximum absolute atomic E-state index is 10.6. The Balaban J connectivity index is 2.80. The summed E-state index contributed by atoms with van der Waals surface area (Å²) in [4.78, 5) is 14.5. The Kier molecular flexibility index (Phi) is 1.73. The van der Waals surface area contributed by atoms with Crippen molar-refractivity contribution in [1.82, 2.24) is 9.38 Å². The van der Waals surface area contributed by atoms with Crippen LogP contribution in [-0.4, -0.2) is 14.3 Å². The summed E-state index contributed by atoms with van der Waals surface area (Å²) in [5.41, 5.74) is 2.32. The Labute approximate surface area is 80.2 Å². The van der Waals surface area contributed by atoms with Gasteiger partial charge in [-0.05, 0) is 19.9 Å². The number of nitrogens with zero attached hydrogens (tertiary/aromatic N) is 3. The highest BCUT2D eigenvalue weighted by Crippen LogP contribution is 2.19. The van der Waals surface area contributed by atoms with Crippen molar-refractivity contribution in [2.24, 2.45) is 0 Å². The first-order valence-electron chi connectivity index (χ1n) is 4.19. The number of aryl methyl sites for hydroxylation is 2. The monoisotopic (exact) mass is 191 g/mol. The van der Waals surface area contributed by atoms with Crippen molar-refractivity contribution in [2.75, 3.05) is 0 Å². The highest BCUT2D eigenvalue weighted by atomic mass is 16.6. The van der Waals surface area contributed by atoms with E-state index in [1.54, 1.807) is 23.6 Å². The van der Waals surface area contributed by atoms with E-state index in [1.807, 2.05) is 6.92 Å². The fourth-order valence-corrected chi connectivity index (χ4v) is 1.49. The molecule has 0 bridgehead atoms. The second-order valence-corrected chi connectivity index (χ2v) is 3.17. The van der Waals surface area contributed by atoms with Crippen LogP contribution in [0.3, 0.4) is 0 Å². The van der Waals surface area contributed by atoms with Crippen LogP contribution in [0.2, 0.25) is 0 Å². The second kappa shape index (κ2) is 2.80. The average Bonchev–Trinajstić information content (AvgIpc) is 2.46. The molecule has 0 aliphatic heterocycles. The van der Waals surface area contributed by atoms with Gasteiger partial charge in [-0.15, -0.1) is 0 Å². The predicted octanol–water partition coefficient (Wildman–Crippen LogP) is 1.86. The first-order valence-corrected chi connectivity index (χ1v) is 4.19. The van der Waals surface area contributed by atoms with E-state index in [2.05, 4.69) is 4.98 Å². The molecule has 0 N–H and O–H groups in total. The molecule has 0 radical (unpaired) electrons. The zero-order valence-electron chi connectivity index (χ0n) is 7.89. The number of aromatic nitrogens is 2. The Morgan fingerprint density at radius 2 is 2.14 bits per heavy atom. The minimum Gasteiger partial charge on any atom is -0.297 e. The van der Waals surface area contributed by atoms with Crippen LogP contribution in [0.25, 0.3) is 5.65 Å². The SMILES string of the molecule is Cc1cn2c(C)c([N+](=O)[O-])ccc2n1. The van der Waals surface area contributed by atoms with Crippen molar-refractivity contribution in [1.29, 1.82) is 0 Å². The summed E-state index contributed by atoms with van der Waals surface area (Å²) >= 11 is 0. The van der Waals surface area contributed by atoms with Gasteiger partial charge in [0.2, 0.25) is 0 Å². The van der Waals surface area contributed by atoms with Gasteiger partial charge < -0.3 is 0 Å². The lowest BCUT2D eigenvalue weighted by Gasteiger charge is -1.99. The number of nitro groups is 1. The molecule has 5 nitrogen and oxygen atoms in total. The molecular formula is C9H9N3O2. The summed E-state index contributed by atoms with van der Waals surface area (Å²) in [5, 5.41) is 10.6. The molecule has 0 amide bonds. The van der Waals surface area contributed by atoms with Gasteiger partial charge in [0.15, 0.2) is 0 Å². The van der Waals surface area contributed by atoms with Gasteiger partial charge in [-0.2, -0.15) is 0 Å². The van der Waals surface area contributed by atoms with E-state index < -0.39 is 0 Å². The normalized spacial score (nSPS) is 10.7. The molecule has 2 aromatic heterocycles. The van der Waals surface area contributed by atoms with Gasteiger partial charge in [-0.3, -0.25) is 14.5 Å². The molecule has 2 aromatic rings. The van der Waals surface area contributed by atoms with E-state index >= 15 is 0 Å². The maximum atomic E-state index is 10.6. The van der Waals surface area contributed by atoms with Gasteiger partial charge in [0, 0.05) is 12.3 Å². The van der Waals surface area contributed by atoms with Gasteiger partial charge in [-0.25, -0.2) is 4.98 Å². The average molecular weight is 191 g/mol. The van der Waals surface area contributed by atoms with Crippen LogP contribution in [0.4, 0.5) is 5.69 Å². The Bertz CT molecular complexity index is 516. The molecule has 5 heteroatoms. The van der Waals surface area contributed by atoms with Crippen molar-refractivity contribution < 1.29 is 4.92 Å². The molecular weight excluding hydrogens is 182 g/mol. The van der Waals surface area contributed by atoms with Gasteiger partial charge in [0.05, 0.1) is 16.3 Å². The van der Waals surface area contributed by atoms with E-state index in [4.69, 9.17) is 0 Å². The van der Waals surface area contributed by atoms with Crippen molar-refractivity contribution in [3.63, 3.8) is 0 Å². The molecule has 0 aliphatic rings. The number of rotatable bonds is 1. The zero-order chi connectivity index (χ0) is 10.3. The lowest BCUT2D eigenvalue weighted by atomic mass is 10.3. The summed E-state index contributed by atoms with van der Waals surface area (Å²) < 4.78 is 1.73. The summed E-state index contributed by atoms with van der Waals surface area (Å²) in [6.07, 6.45) is 1.79. The minimum absolute atomic E-state index is 0.120. The minimum atomic E-state index is -0.385. The molecule has 0 aromatic carbocycles. The molecule has 2 rings (SSSR count). The molecule has 0 atom stereocenters. The van der Waals surface area contributed by atoms with Gasteiger partial charge in [0.1, 0.15) is 5.65 Å². The van der Waals surface area contributed by atoms with E-state index in [9.17, 15) is 10.1 Å². The molecule has 0 spiro atoms. The third-order valence-corrected chi connectivity index (χ3v) is 2.17. The zero-order valence-corrected chi connectivity index (χ0v) is 7.89. The molecule has 0 fully saturated rings. The summed E-state index contributed by atoms with van der Waals surface area (Å²) in [7, 11) is 0. The lowest BCUT2D eigenvalue weighted by Crippen LogP contribution is -1.97. The number of pyridine rings is 1. The summed E-state index contributed by atoms with van der Waals surface area (Å²) in [5.74, 6) is 0. The summed E-state index contributed by atoms with van der Waals surface area (Å²) in [6.45, 7) is 3.57. The molecule has 0 saturated heterocycles. The lowest BCUT2D eigenvalue weighted by molar-refractivity contribution is -0.385. The summed E-state index contributed by atoms with van der Waals surface area (Å²) in [6, 6.07) is 3.13. The molecule has 14 heavy (non-hydrogen) atoms. The van der Waals surface area contributed by atoms with Crippen molar-refractivity contribution >= 4 is 11.3 Å². The highest BCUT2D eigenvalue weighted by molar-refractivity contribution is 5.49. The van der Waals surface area contributed by atoms with Crippen molar-refractivity contribution in [3.8, 4) is 0 Å². The van der Waals surface area contributed by atoms with Crippen LogP contribution >= 0.6 is 0 Å². The van der Waals surface area contributed by atoms with Gasteiger partial charge in [0.25, 0.3) is 5.69 Å². The third kappa shape index (κ3) is 1.14. The number of hydrogen-bond donors (Lipinski definition) is 0. The molecule has 2 heterocycles. The quantitative estimate of drug-likeness (QED) is 0.510. The van der Waals surface area contributed by atoms with E-state index in [-0.39, 0.29) is 10.6 Å². The fourth-order valence-electron chi connectivity index (χ4n) is 1.49. The molecule has 0 unspecified atom stereocenters. The largest absolute Gasteiger partial charge is 0.297 e. The van der Waals surface area contributed by atoms with Crippen LogP contribution in [0.15, 0.2) is 18.3 Å². The maximum Gasteiger partial charge on any atom is 0.288 e. The number of imidazole rings is 1. The van der Waals surface area contributed by atoms with E-state index in [1.165, 1.54) is 6.07 Å². The van der Waals surface area contributed by atoms with Gasteiger partial charge in [-0.1, -0.05) is 0 Å². The highest BCUT2D eigenvalue weighted by Gasteiger charge is 2.13. The molecule has 0 aliphatic carbocycles. The van der Waals surface area contributed by atoms with Crippen LogP contribution in [0.5, 0.6) is 0 Å². The van der Waals surface area contributed by atoms with Gasteiger partial charge >= 0.3 is 0 Å². The van der Waals surface area contributed by atoms with Crippen molar-refractivity contribution in [2.45, 2.75) is 13.8 Å². The van der Waals surface area contributed by atoms with E-state index in [0.717, 1.165) is 11.3 Å². The predicted molar refractivity (Wildman–Crippen MR) is 51.3 cm³/mol. The second-order valence-electron chi connectivity index (χ2n) is 3.17. The Hall–Kier alpha value is -1.91. The van der Waals surface area contributed by atoms with Crippen LogP contribution in [-0.2, 0) is 0 Å². The van der Waals surface area contributed by atoms with Crippen LogP contribution in [0.1, 0.15) is 11.4 Å². The van der Waals surface area contributed by atoms with Crippen LogP contribution in [0, 0.1) is 24.0 Å². The Morgan fingerprint density at radius 3 is 2.79 bits per heavy atom. The standard InChI is InChI=1S/C9H9N3O2/c1-6-5-11-7(2)8(12(13)14)3-4-9(11)10-6/h3-5H,1-2H3. The number of fused-ring (bicyclic) bond motifs is 1.